The molecule has 1 fully saturated rings. The molecule has 2 N–H and O–H groups in total. The van der Waals surface area contributed by atoms with E-state index in [0.29, 0.717) is 28.5 Å². The molecule has 0 radical (unpaired) electrons. The van der Waals surface area contributed by atoms with Crippen molar-refractivity contribution in [3.8, 4) is 5.75 Å². The third-order valence-electron chi connectivity index (χ3n) is 5.81. The molecule has 3 aromatic rings. The summed E-state index contributed by atoms with van der Waals surface area (Å²) in [5, 5.41) is 11.4. The molecule has 180 valence electrons. The number of fused-ring (bicyclic) bond motifs is 1. The molecule has 34 heavy (non-hydrogen) atoms. The zero-order chi connectivity index (χ0) is 24.1. The highest BCUT2D eigenvalue weighted by Crippen LogP contribution is 2.30. The van der Waals surface area contributed by atoms with Gasteiger partial charge in [-0.25, -0.2) is 4.98 Å². The summed E-state index contributed by atoms with van der Waals surface area (Å²) in [6.45, 7) is 6.22. The number of hydrogen-bond acceptors (Lipinski definition) is 7. The number of likely N-dealkylation sites (N-methyl/N-ethyl adjacent to an activating group) is 1. The van der Waals surface area contributed by atoms with Crippen LogP contribution < -0.4 is 15.4 Å². The number of anilines is 2. The van der Waals surface area contributed by atoms with Crippen LogP contribution in [-0.4, -0.2) is 83.3 Å². The summed E-state index contributed by atoms with van der Waals surface area (Å²) in [5.74, 6) is 0.847. The van der Waals surface area contributed by atoms with Gasteiger partial charge in [-0.3, -0.25) is 14.3 Å². The Hall–Kier alpha value is -3.66. The van der Waals surface area contributed by atoms with Crippen LogP contribution in [0.25, 0.3) is 10.9 Å². The number of hydrogen-bond donors (Lipinski definition) is 2. The number of piperazine rings is 1. The Labute approximate surface area is 198 Å². The first-order chi connectivity index (χ1) is 16.5. The molecule has 0 bridgehead atoms. The minimum Gasteiger partial charge on any atom is -0.494 e. The molecular weight excluding hydrogens is 434 g/mol. The van der Waals surface area contributed by atoms with Crippen LogP contribution in [0.1, 0.15) is 23.8 Å². The van der Waals surface area contributed by atoms with E-state index in [-0.39, 0.29) is 18.4 Å². The van der Waals surface area contributed by atoms with Crippen LogP contribution in [0.4, 0.5) is 11.5 Å². The molecule has 0 saturated carbocycles. The van der Waals surface area contributed by atoms with Gasteiger partial charge in [-0.05, 0) is 31.7 Å². The number of amides is 2. The van der Waals surface area contributed by atoms with Gasteiger partial charge in [-0.1, -0.05) is 13.0 Å². The number of ether oxygens (including phenoxy) is 1. The number of nitrogens with zero attached hydrogens (tertiary/aromatic N) is 5. The smallest absolute Gasteiger partial charge is 0.274 e. The van der Waals surface area contributed by atoms with Crippen LogP contribution in [0.2, 0.25) is 0 Å². The van der Waals surface area contributed by atoms with E-state index < -0.39 is 0 Å². The second-order valence-corrected chi connectivity index (χ2v) is 8.41. The van der Waals surface area contributed by atoms with Crippen LogP contribution in [-0.2, 0) is 11.3 Å². The second-order valence-electron chi connectivity index (χ2n) is 8.41. The summed E-state index contributed by atoms with van der Waals surface area (Å²) in [4.78, 5) is 34.0. The summed E-state index contributed by atoms with van der Waals surface area (Å²) in [6, 6.07) is 8.85. The van der Waals surface area contributed by atoms with E-state index >= 15 is 0 Å². The fraction of sp³-hybridized carbons (Fsp3) is 0.417. The Morgan fingerprint density at radius 3 is 2.68 bits per heavy atom. The number of rotatable bonds is 8. The molecule has 1 aromatic carbocycles. The molecule has 2 aromatic heterocycles. The van der Waals surface area contributed by atoms with Crippen molar-refractivity contribution in [1.82, 2.24) is 24.6 Å². The minimum absolute atomic E-state index is 0.0454. The average molecular weight is 466 g/mol. The van der Waals surface area contributed by atoms with Gasteiger partial charge in [0.2, 0.25) is 5.91 Å². The third-order valence-corrected chi connectivity index (χ3v) is 5.81. The molecule has 0 atom stereocenters. The summed E-state index contributed by atoms with van der Waals surface area (Å²) >= 11 is 0. The summed E-state index contributed by atoms with van der Waals surface area (Å²) < 4.78 is 7.13. The van der Waals surface area contributed by atoms with Gasteiger partial charge in [0.1, 0.15) is 23.8 Å². The number of carbonyl (C=O) groups is 2. The normalized spacial score (nSPS) is 14.3. The van der Waals surface area contributed by atoms with E-state index in [1.807, 2.05) is 17.2 Å². The fourth-order valence-corrected chi connectivity index (χ4v) is 3.84. The largest absolute Gasteiger partial charge is 0.494 e. The number of nitrogens with one attached hydrogen (secondary N) is 2. The summed E-state index contributed by atoms with van der Waals surface area (Å²) in [5.41, 5.74) is 1.50. The molecular formula is C24H31N7O3. The van der Waals surface area contributed by atoms with Crippen molar-refractivity contribution in [3.05, 3.63) is 42.2 Å². The molecule has 0 unspecified atom stereocenters. The number of methoxy groups -OCH3 is 1. The van der Waals surface area contributed by atoms with Gasteiger partial charge in [-0.15, -0.1) is 0 Å². The molecule has 10 heteroatoms. The molecule has 3 heterocycles. The molecule has 1 aliphatic heterocycles. The van der Waals surface area contributed by atoms with Crippen molar-refractivity contribution < 1.29 is 14.3 Å². The van der Waals surface area contributed by atoms with Gasteiger partial charge in [0, 0.05) is 50.4 Å². The van der Waals surface area contributed by atoms with Crippen LogP contribution in [0.5, 0.6) is 5.75 Å². The molecule has 2 amide bonds. The van der Waals surface area contributed by atoms with Crippen molar-refractivity contribution in [2.24, 2.45) is 0 Å². The SMILES string of the molecule is CCCNc1cccc(C(=O)Nc2cc3cn(CC(=O)N4CCN(C)CC4)nc3cc2OC)n1. The number of benzene rings is 1. The Morgan fingerprint density at radius 2 is 1.94 bits per heavy atom. The monoisotopic (exact) mass is 465 g/mol. The van der Waals surface area contributed by atoms with Gasteiger partial charge < -0.3 is 25.2 Å². The van der Waals surface area contributed by atoms with E-state index in [9.17, 15) is 9.59 Å². The zero-order valence-electron chi connectivity index (χ0n) is 19.9. The van der Waals surface area contributed by atoms with Crippen molar-refractivity contribution in [2.45, 2.75) is 19.9 Å². The van der Waals surface area contributed by atoms with E-state index in [2.05, 4.69) is 39.6 Å². The summed E-state index contributed by atoms with van der Waals surface area (Å²) in [6.07, 6.45) is 2.77. The first-order valence-electron chi connectivity index (χ1n) is 11.5. The lowest BCUT2D eigenvalue weighted by molar-refractivity contribution is -0.133. The minimum atomic E-state index is -0.338. The third kappa shape index (κ3) is 5.45. The highest BCUT2D eigenvalue weighted by atomic mass is 16.5. The Morgan fingerprint density at radius 1 is 1.15 bits per heavy atom. The Kier molecular flexibility index (Phi) is 7.27. The zero-order valence-corrected chi connectivity index (χ0v) is 19.9. The average Bonchev–Trinajstić information content (AvgIpc) is 3.23. The molecule has 1 aliphatic rings. The molecule has 1 saturated heterocycles. The van der Waals surface area contributed by atoms with Gasteiger partial charge in [0.25, 0.3) is 5.91 Å². The fourth-order valence-electron chi connectivity index (χ4n) is 3.84. The molecule has 10 nitrogen and oxygen atoms in total. The van der Waals surface area contributed by atoms with Crippen molar-refractivity contribution in [2.75, 3.05) is 57.5 Å². The van der Waals surface area contributed by atoms with Crippen molar-refractivity contribution in [1.29, 1.82) is 0 Å². The Bertz CT molecular complexity index is 1170. The van der Waals surface area contributed by atoms with Crippen molar-refractivity contribution >= 4 is 34.2 Å². The van der Waals surface area contributed by atoms with Crippen molar-refractivity contribution in [3.63, 3.8) is 0 Å². The standard InChI is InChI=1S/C24H31N7O3/c1-4-8-25-22-7-5-6-18(26-22)24(33)27-20-13-17-15-31(28-19(17)14-21(20)34-3)16-23(32)30-11-9-29(2)10-12-30/h5-7,13-15H,4,8-12,16H2,1-3H3,(H,25,26)(H,27,33). The van der Waals surface area contributed by atoms with Crippen LogP contribution in [0, 0.1) is 0 Å². The topological polar surface area (TPSA) is 105 Å². The lowest BCUT2D eigenvalue weighted by Crippen LogP contribution is -2.48. The van der Waals surface area contributed by atoms with Crippen LogP contribution >= 0.6 is 0 Å². The highest BCUT2D eigenvalue weighted by Gasteiger charge is 2.20. The quantitative estimate of drug-likeness (QED) is 0.526. The van der Waals surface area contributed by atoms with Crippen LogP contribution in [0.3, 0.4) is 0 Å². The van der Waals surface area contributed by atoms with Gasteiger partial charge in [0.15, 0.2) is 0 Å². The molecule has 4 rings (SSSR count). The van der Waals surface area contributed by atoms with Crippen LogP contribution in [0.15, 0.2) is 36.5 Å². The molecule has 0 aliphatic carbocycles. The maximum absolute atomic E-state index is 12.9. The molecule has 0 spiro atoms. The van der Waals surface area contributed by atoms with Gasteiger partial charge in [0.05, 0.1) is 18.3 Å². The first kappa shape index (κ1) is 23.5. The lowest BCUT2D eigenvalue weighted by Gasteiger charge is -2.32. The predicted molar refractivity (Wildman–Crippen MR) is 131 cm³/mol. The Balaban J connectivity index is 1.50. The maximum Gasteiger partial charge on any atom is 0.274 e. The van der Waals surface area contributed by atoms with Gasteiger partial charge >= 0.3 is 0 Å². The first-order valence-corrected chi connectivity index (χ1v) is 11.5. The number of pyridine rings is 1. The van der Waals surface area contributed by atoms with E-state index in [4.69, 9.17) is 4.74 Å². The maximum atomic E-state index is 12.9. The lowest BCUT2D eigenvalue weighted by atomic mass is 10.2. The van der Waals surface area contributed by atoms with E-state index in [1.54, 1.807) is 28.9 Å². The number of carbonyl (C=O) groups excluding carboxylic acids is 2. The highest BCUT2D eigenvalue weighted by molar-refractivity contribution is 6.05. The summed E-state index contributed by atoms with van der Waals surface area (Å²) in [7, 11) is 3.60. The van der Waals surface area contributed by atoms with E-state index in [0.717, 1.165) is 44.5 Å². The van der Waals surface area contributed by atoms with Gasteiger partial charge in [-0.2, -0.15) is 5.10 Å². The van der Waals surface area contributed by atoms with E-state index in [1.165, 1.54) is 7.11 Å². The predicted octanol–water partition coefficient (Wildman–Crippen LogP) is 2.29. The second kappa shape index (κ2) is 10.5. The number of aromatic nitrogens is 3.